The molecular weight excluding hydrogens is 326 g/mol. The van der Waals surface area contributed by atoms with Gasteiger partial charge in [0.2, 0.25) is 0 Å². The fourth-order valence-corrected chi connectivity index (χ4v) is 3.47. The van der Waals surface area contributed by atoms with Gasteiger partial charge in [0.1, 0.15) is 5.69 Å². The molecule has 1 N–H and O–H groups in total. The Labute approximate surface area is 152 Å². The maximum Gasteiger partial charge on any atom is 0.270 e. The SMILES string of the molecule is CCc1nc2ccc(CN3CCN(c4cccnc4)CC3)cc2[nH]c1=O. The number of anilines is 1. The van der Waals surface area contributed by atoms with E-state index in [9.17, 15) is 4.79 Å². The van der Waals surface area contributed by atoms with Gasteiger partial charge in [-0.25, -0.2) is 4.98 Å². The highest BCUT2D eigenvalue weighted by molar-refractivity contribution is 5.74. The van der Waals surface area contributed by atoms with Crippen LogP contribution in [0.1, 0.15) is 18.2 Å². The molecule has 0 bridgehead atoms. The Hall–Kier alpha value is -2.73. The first kappa shape index (κ1) is 16.7. The molecule has 0 amide bonds. The molecule has 1 saturated heterocycles. The van der Waals surface area contributed by atoms with Gasteiger partial charge in [0.15, 0.2) is 0 Å². The van der Waals surface area contributed by atoms with Crippen LogP contribution in [0.4, 0.5) is 5.69 Å². The summed E-state index contributed by atoms with van der Waals surface area (Å²) in [5.41, 5.74) is 4.58. The molecule has 0 aliphatic carbocycles. The number of aromatic nitrogens is 3. The molecule has 0 radical (unpaired) electrons. The Bertz CT molecular complexity index is 945. The minimum Gasteiger partial charge on any atom is -0.368 e. The summed E-state index contributed by atoms with van der Waals surface area (Å²) in [6.07, 6.45) is 4.38. The van der Waals surface area contributed by atoms with Crippen molar-refractivity contribution in [2.75, 3.05) is 31.1 Å². The van der Waals surface area contributed by atoms with Gasteiger partial charge in [0, 0.05) is 38.9 Å². The second kappa shape index (κ2) is 7.25. The minimum atomic E-state index is -0.0813. The predicted octanol–water partition coefficient (Wildman–Crippen LogP) is 2.20. The van der Waals surface area contributed by atoms with E-state index in [1.54, 1.807) is 0 Å². The molecule has 1 aliphatic heterocycles. The number of nitrogens with one attached hydrogen (secondary N) is 1. The third-order valence-corrected chi connectivity index (χ3v) is 4.95. The topological polar surface area (TPSA) is 65.1 Å². The molecule has 2 aromatic heterocycles. The number of nitrogens with zero attached hydrogens (tertiary/aromatic N) is 4. The van der Waals surface area contributed by atoms with Gasteiger partial charge in [-0.2, -0.15) is 0 Å². The number of hydrogen-bond acceptors (Lipinski definition) is 5. The van der Waals surface area contributed by atoms with Crippen molar-refractivity contribution in [3.8, 4) is 0 Å². The molecule has 0 spiro atoms. The summed E-state index contributed by atoms with van der Waals surface area (Å²) < 4.78 is 0. The van der Waals surface area contributed by atoms with E-state index in [4.69, 9.17) is 0 Å². The van der Waals surface area contributed by atoms with Crippen molar-refractivity contribution in [1.82, 2.24) is 19.9 Å². The van der Waals surface area contributed by atoms with Crippen molar-refractivity contribution in [2.45, 2.75) is 19.9 Å². The normalized spacial score (nSPS) is 15.5. The van der Waals surface area contributed by atoms with Crippen LogP contribution in [0.2, 0.25) is 0 Å². The van der Waals surface area contributed by atoms with Crippen molar-refractivity contribution in [3.63, 3.8) is 0 Å². The molecule has 4 rings (SSSR count). The van der Waals surface area contributed by atoms with Crippen LogP contribution in [0.5, 0.6) is 0 Å². The summed E-state index contributed by atoms with van der Waals surface area (Å²) in [5, 5.41) is 0. The summed E-state index contributed by atoms with van der Waals surface area (Å²) in [5.74, 6) is 0. The Morgan fingerprint density at radius 1 is 1.15 bits per heavy atom. The highest BCUT2D eigenvalue weighted by atomic mass is 16.1. The van der Waals surface area contributed by atoms with Gasteiger partial charge >= 0.3 is 0 Å². The first-order valence-electron chi connectivity index (χ1n) is 9.12. The molecule has 3 heterocycles. The summed E-state index contributed by atoms with van der Waals surface area (Å²) in [7, 11) is 0. The second-order valence-corrected chi connectivity index (χ2v) is 6.69. The van der Waals surface area contributed by atoms with E-state index in [0.29, 0.717) is 12.1 Å². The van der Waals surface area contributed by atoms with E-state index in [-0.39, 0.29) is 5.56 Å². The van der Waals surface area contributed by atoms with E-state index in [1.807, 2.05) is 31.5 Å². The minimum absolute atomic E-state index is 0.0813. The van der Waals surface area contributed by atoms with E-state index >= 15 is 0 Å². The van der Waals surface area contributed by atoms with Crippen LogP contribution in [0.25, 0.3) is 11.0 Å². The Morgan fingerprint density at radius 2 is 2.00 bits per heavy atom. The Balaban J connectivity index is 1.44. The molecule has 6 nitrogen and oxygen atoms in total. The highest BCUT2D eigenvalue weighted by Gasteiger charge is 2.17. The fourth-order valence-electron chi connectivity index (χ4n) is 3.47. The van der Waals surface area contributed by atoms with Gasteiger partial charge in [-0.3, -0.25) is 14.7 Å². The van der Waals surface area contributed by atoms with Crippen LogP contribution < -0.4 is 10.5 Å². The highest BCUT2D eigenvalue weighted by Crippen LogP contribution is 2.17. The van der Waals surface area contributed by atoms with Crippen molar-refractivity contribution >= 4 is 16.7 Å². The Morgan fingerprint density at radius 3 is 2.73 bits per heavy atom. The van der Waals surface area contributed by atoms with Gasteiger partial charge < -0.3 is 9.88 Å². The van der Waals surface area contributed by atoms with E-state index in [0.717, 1.165) is 43.8 Å². The first-order valence-corrected chi connectivity index (χ1v) is 9.12. The second-order valence-electron chi connectivity index (χ2n) is 6.69. The fraction of sp³-hybridized carbons (Fsp3) is 0.350. The van der Waals surface area contributed by atoms with E-state index in [2.05, 4.69) is 43.0 Å². The maximum atomic E-state index is 12.0. The number of piperazine rings is 1. The maximum absolute atomic E-state index is 12.0. The Kier molecular flexibility index (Phi) is 4.67. The number of rotatable bonds is 4. The van der Waals surface area contributed by atoms with Crippen molar-refractivity contribution in [1.29, 1.82) is 0 Å². The number of H-pyrrole nitrogens is 1. The van der Waals surface area contributed by atoms with Gasteiger partial charge in [-0.15, -0.1) is 0 Å². The zero-order valence-electron chi connectivity index (χ0n) is 15.0. The molecule has 0 unspecified atom stereocenters. The van der Waals surface area contributed by atoms with Crippen molar-refractivity contribution in [3.05, 3.63) is 64.3 Å². The molecular formula is C20H23N5O. The number of aromatic amines is 1. The molecule has 0 saturated carbocycles. The smallest absolute Gasteiger partial charge is 0.270 e. The van der Waals surface area contributed by atoms with Gasteiger partial charge in [0.25, 0.3) is 5.56 Å². The van der Waals surface area contributed by atoms with Crippen LogP contribution in [0.15, 0.2) is 47.5 Å². The van der Waals surface area contributed by atoms with Crippen LogP contribution in [-0.2, 0) is 13.0 Å². The third-order valence-electron chi connectivity index (χ3n) is 4.95. The molecule has 1 aliphatic rings. The monoisotopic (exact) mass is 349 g/mol. The lowest BCUT2D eigenvalue weighted by Gasteiger charge is -2.35. The molecule has 0 atom stereocenters. The summed E-state index contributed by atoms with van der Waals surface area (Å²) in [6.45, 7) is 6.85. The predicted molar refractivity (Wildman–Crippen MR) is 103 cm³/mol. The van der Waals surface area contributed by atoms with Gasteiger partial charge in [-0.05, 0) is 36.2 Å². The van der Waals surface area contributed by atoms with Crippen LogP contribution in [0.3, 0.4) is 0 Å². The van der Waals surface area contributed by atoms with Gasteiger partial charge in [0.05, 0.1) is 22.9 Å². The standard InChI is InChI=1S/C20H23N5O/c1-2-17-20(26)23-19-12-15(5-6-18(19)22-17)14-24-8-10-25(11-9-24)16-4-3-7-21-13-16/h3-7,12-13H,2,8-11,14H2,1H3,(H,23,26). The number of benzene rings is 1. The van der Waals surface area contributed by atoms with Crippen LogP contribution in [-0.4, -0.2) is 46.0 Å². The lowest BCUT2D eigenvalue weighted by molar-refractivity contribution is 0.250. The van der Waals surface area contributed by atoms with E-state index < -0.39 is 0 Å². The van der Waals surface area contributed by atoms with Crippen LogP contribution in [0, 0.1) is 0 Å². The molecule has 3 aromatic rings. The average molecular weight is 349 g/mol. The molecule has 6 heteroatoms. The number of pyridine rings is 1. The quantitative estimate of drug-likeness (QED) is 0.782. The zero-order valence-corrected chi connectivity index (χ0v) is 15.0. The van der Waals surface area contributed by atoms with Crippen molar-refractivity contribution < 1.29 is 0 Å². The molecule has 1 aromatic carbocycles. The number of fused-ring (bicyclic) bond motifs is 1. The van der Waals surface area contributed by atoms with Crippen molar-refractivity contribution in [2.24, 2.45) is 0 Å². The van der Waals surface area contributed by atoms with Crippen LogP contribution >= 0.6 is 0 Å². The molecule has 1 fully saturated rings. The summed E-state index contributed by atoms with van der Waals surface area (Å²) in [6, 6.07) is 10.3. The first-order chi connectivity index (χ1) is 12.7. The average Bonchev–Trinajstić information content (AvgIpc) is 2.69. The van der Waals surface area contributed by atoms with Gasteiger partial charge in [-0.1, -0.05) is 13.0 Å². The summed E-state index contributed by atoms with van der Waals surface area (Å²) in [4.78, 5) is 28.4. The summed E-state index contributed by atoms with van der Waals surface area (Å²) >= 11 is 0. The number of aryl methyl sites for hydroxylation is 1. The largest absolute Gasteiger partial charge is 0.368 e. The number of hydrogen-bond donors (Lipinski definition) is 1. The lowest BCUT2D eigenvalue weighted by atomic mass is 10.1. The molecule has 134 valence electrons. The third kappa shape index (κ3) is 3.46. The molecule has 26 heavy (non-hydrogen) atoms. The zero-order chi connectivity index (χ0) is 17.9. The van der Waals surface area contributed by atoms with E-state index in [1.165, 1.54) is 11.3 Å². The lowest BCUT2D eigenvalue weighted by Crippen LogP contribution is -2.46.